The van der Waals surface area contributed by atoms with Crippen molar-refractivity contribution in [2.75, 3.05) is 47.6 Å². The molecule has 2 aliphatic carbocycles. The Labute approximate surface area is 315 Å². The van der Waals surface area contributed by atoms with E-state index in [1.54, 1.807) is 7.11 Å². The van der Waals surface area contributed by atoms with Gasteiger partial charge in [-0.05, 0) is 75.1 Å². The Balaban J connectivity index is 1.29. The van der Waals surface area contributed by atoms with Crippen LogP contribution in [0, 0.1) is 23.2 Å². The van der Waals surface area contributed by atoms with Crippen molar-refractivity contribution in [3.05, 3.63) is 76.1 Å². The molecule has 2 aromatic heterocycles. The van der Waals surface area contributed by atoms with Crippen molar-refractivity contribution < 1.29 is 34.0 Å². The summed E-state index contributed by atoms with van der Waals surface area (Å²) in [6.07, 6.45) is 4.88. The summed E-state index contributed by atoms with van der Waals surface area (Å²) in [5.74, 6) is -0.304. The zero-order valence-electron chi connectivity index (χ0n) is 31.8. The quantitative estimate of drug-likeness (QED) is 0.143. The van der Waals surface area contributed by atoms with Gasteiger partial charge in [-0.15, -0.1) is 0 Å². The van der Waals surface area contributed by atoms with Gasteiger partial charge in [-0.2, -0.15) is 0 Å². The second kappa shape index (κ2) is 13.0. The third kappa shape index (κ3) is 4.74. The van der Waals surface area contributed by atoms with Gasteiger partial charge < -0.3 is 39.7 Å². The summed E-state index contributed by atoms with van der Waals surface area (Å²) in [5, 5.41) is 28.2. The largest absolute Gasteiger partial charge is 0.496 e. The molecule has 6 aliphatic rings. The van der Waals surface area contributed by atoms with Gasteiger partial charge in [0.25, 0.3) is 0 Å². The Morgan fingerprint density at radius 2 is 1.83 bits per heavy atom. The first-order valence-electron chi connectivity index (χ1n) is 19.6. The molecule has 10 rings (SSSR count). The minimum Gasteiger partial charge on any atom is -0.496 e. The second-order valence-corrected chi connectivity index (χ2v) is 16.6. The molecular weight excluding hydrogens is 684 g/mol. The number of nitrogens with zero attached hydrogens (tertiary/aromatic N) is 1. The van der Waals surface area contributed by atoms with Gasteiger partial charge in [-0.25, -0.2) is 0 Å². The fraction of sp³-hybridized carbons (Fsp3) is 0.535. The predicted octanol–water partition coefficient (Wildman–Crippen LogP) is 4.48. The molecule has 0 radical (unpaired) electrons. The maximum atomic E-state index is 14.3. The number of ether oxygens (including phenoxy) is 3. The van der Waals surface area contributed by atoms with Crippen LogP contribution in [-0.4, -0.2) is 103 Å². The molecule has 54 heavy (non-hydrogen) atoms. The fourth-order valence-corrected chi connectivity index (χ4v) is 12.2. The summed E-state index contributed by atoms with van der Waals surface area (Å²) in [4.78, 5) is 38.3. The fourth-order valence-electron chi connectivity index (χ4n) is 12.2. The molecule has 0 amide bonds. The summed E-state index contributed by atoms with van der Waals surface area (Å²) in [6, 6.07) is 12.1. The molecule has 11 heteroatoms. The monoisotopic (exact) mass is 736 g/mol. The highest BCUT2D eigenvalue weighted by Gasteiger charge is 2.64. The second-order valence-electron chi connectivity index (χ2n) is 16.6. The predicted molar refractivity (Wildman–Crippen MR) is 205 cm³/mol. The number of aliphatic hydroxyl groups excluding tert-OH is 2. The smallest absolute Gasteiger partial charge is 0.319 e. The Morgan fingerprint density at radius 3 is 2.56 bits per heavy atom. The van der Waals surface area contributed by atoms with Gasteiger partial charge in [0.05, 0.1) is 34.0 Å². The van der Waals surface area contributed by atoms with Crippen LogP contribution in [-0.2, 0) is 37.3 Å². The average molecular weight is 737 g/mol. The maximum absolute atomic E-state index is 14.3. The van der Waals surface area contributed by atoms with Crippen LogP contribution < -0.4 is 10.1 Å². The number of hydrogen-bond donors (Lipinski definition) is 5. The number of aromatic nitrogens is 2. The van der Waals surface area contributed by atoms with Crippen LogP contribution in [0.3, 0.4) is 0 Å². The van der Waals surface area contributed by atoms with Crippen molar-refractivity contribution in [2.45, 2.75) is 75.5 Å². The first kappa shape index (κ1) is 35.5. The molecule has 3 saturated heterocycles. The molecule has 5 N–H and O–H groups in total. The summed E-state index contributed by atoms with van der Waals surface area (Å²) in [6.45, 7) is 5.80. The highest BCUT2D eigenvalue weighted by molar-refractivity contribution is 5.93. The normalized spacial score (nSPS) is 34.1. The summed E-state index contributed by atoms with van der Waals surface area (Å²) in [7, 11) is 4.58. The summed E-state index contributed by atoms with van der Waals surface area (Å²) < 4.78 is 17.5. The molecule has 10 atom stereocenters. The first-order chi connectivity index (χ1) is 26.1. The number of benzene rings is 2. The summed E-state index contributed by atoms with van der Waals surface area (Å²) >= 11 is 0. The molecule has 4 aromatic rings. The number of nitrogens with one attached hydrogen (secondary N) is 3. The highest BCUT2D eigenvalue weighted by atomic mass is 16.5. The van der Waals surface area contributed by atoms with E-state index in [1.807, 2.05) is 26.0 Å². The van der Waals surface area contributed by atoms with E-state index in [2.05, 4.69) is 50.5 Å². The van der Waals surface area contributed by atoms with E-state index in [9.17, 15) is 19.8 Å². The number of carbonyl (C=O) groups excluding carboxylic acids is 2. The Morgan fingerprint density at radius 1 is 1.04 bits per heavy atom. The average Bonchev–Trinajstić information content (AvgIpc) is 3.72. The molecule has 1 unspecified atom stereocenters. The van der Waals surface area contributed by atoms with E-state index >= 15 is 0 Å². The third-order valence-electron chi connectivity index (χ3n) is 14.4. The van der Waals surface area contributed by atoms with Crippen molar-refractivity contribution in [2.24, 2.45) is 23.2 Å². The van der Waals surface area contributed by atoms with E-state index < -0.39 is 22.9 Å². The minimum atomic E-state index is -1.20. The van der Waals surface area contributed by atoms with Crippen LogP contribution in [0.25, 0.3) is 21.8 Å². The van der Waals surface area contributed by atoms with Gasteiger partial charge >= 0.3 is 11.9 Å². The number of carbonyl (C=O) groups is 2. The van der Waals surface area contributed by atoms with E-state index in [4.69, 9.17) is 14.2 Å². The number of piperidine rings is 3. The number of rotatable bonds is 6. The van der Waals surface area contributed by atoms with Crippen molar-refractivity contribution in [1.82, 2.24) is 20.2 Å². The molecule has 6 heterocycles. The Hall–Kier alpha value is -4.16. The lowest BCUT2D eigenvalue weighted by Crippen LogP contribution is -2.68. The van der Waals surface area contributed by atoms with Crippen molar-refractivity contribution >= 4 is 33.7 Å². The third-order valence-corrected chi connectivity index (χ3v) is 14.4. The molecule has 4 aliphatic heterocycles. The van der Waals surface area contributed by atoms with Gasteiger partial charge in [0.2, 0.25) is 0 Å². The van der Waals surface area contributed by atoms with E-state index in [-0.39, 0.29) is 48.3 Å². The zero-order valence-corrected chi connectivity index (χ0v) is 31.8. The molecule has 1 saturated carbocycles. The SMILES string of the molecule is C/C=C1/CN[C@H]2Cc3c([nH]c4ccccc34)[C@@H](c3cc4c5c([nH]c4cc3OC)[C@]3(C(=O)OC)C[C@H]4C[C@H]([C@H](C)O)[C@@H]3N(CC5)C4)C[C@@H]1[C@]2(CO)C(=O)OC. The zero-order chi connectivity index (χ0) is 37.7. The lowest BCUT2D eigenvalue weighted by atomic mass is 9.56. The highest BCUT2D eigenvalue weighted by Crippen LogP contribution is 2.57. The van der Waals surface area contributed by atoms with E-state index in [0.29, 0.717) is 31.6 Å². The molecular formula is C43H52N4O7. The number of fused-ring (bicyclic) bond motifs is 9. The van der Waals surface area contributed by atoms with Gasteiger partial charge in [0.15, 0.2) is 0 Å². The van der Waals surface area contributed by atoms with Crippen LogP contribution in [0.1, 0.15) is 67.1 Å². The number of para-hydroxylation sites is 1. The number of H-pyrrole nitrogens is 2. The van der Waals surface area contributed by atoms with Crippen LogP contribution in [0.15, 0.2) is 48.0 Å². The van der Waals surface area contributed by atoms with E-state index in [0.717, 1.165) is 81.4 Å². The van der Waals surface area contributed by atoms with Crippen LogP contribution in [0.4, 0.5) is 0 Å². The first-order valence-corrected chi connectivity index (χ1v) is 19.6. The molecule has 2 aromatic carbocycles. The molecule has 286 valence electrons. The van der Waals surface area contributed by atoms with Crippen LogP contribution in [0.5, 0.6) is 5.75 Å². The standard InChI is InChI=1S/C43H52N4O7/c1-6-24-19-44-36-16-31-25-9-7-8-10-33(25)45-37(31)30(15-32(24)43(36,21-48)41(51)54-5)29-14-28-26-11-12-47-20-23-13-27(22(2)49)39(47)42(18-23,40(50)53-4)38(26)46-34(28)17-35(29)52-3/h6-10,14,17,22-23,27,30,32,36,39,44-46,48-49H,11-13,15-16,18-21H2,1-5H3/b24-6-/t22-,23+,27+,30+,32-,36-,39-,42+,43-/m0/s1. The lowest BCUT2D eigenvalue weighted by molar-refractivity contribution is -0.166. The summed E-state index contributed by atoms with van der Waals surface area (Å²) in [5.41, 5.74) is 6.00. The number of aromatic amines is 2. The number of esters is 2. The molecule has 11 nitrogen and oxygen atoms in total. The van der Waals surface area contributed by atoms with Crippen molar-refractivity contribution in [3.8, 4) is 5.75 Å². The van der Waals surface area contributed by atoms with Gasteiger partial charge in [0, 0.05) is 94.3 Å². The molecule has 4 fully saturated rings. The molecule has 0 spiro atoms. The number of methoxy groups -OCH3 is 3. The number of hydrogen-bond acceptors (Lipinski definition) is 9. The minimum absolute atomic E-state index is 0.0503. The topological polar surface area (TPSA) is 149 Å². The van der Waals surface area contributed by atoms with Crippen LogP contribution >= 0.6 is 0 Å². The van der Waals surface area contributed by atoms with Crippen molar-refractivity contribution in [3.63, 3.8) is 0 Å². The lowest BCUT2D eigenvalue weighted by Gasteiger charge is -2.58. The Kier molecular flexibility index (Phi) is 8.53. The number of allylic oxidation sites excluding steroid dienone is 1. The maximum Gasteiger partial charge on any atom is 0.319 e. The van der Waals surface area contributed by atoms with Crippen LogP contribution in [0.2, 0.25) is 0 Å². The Bertz CT molecular complexity index is 2190. The van der Waals surface area contributed by atoms with Gasteiger partial charge in [0.1, 0.15) is 16.6 Å². The van der Waals surface area contributed by atoms with Crippen molar-refractivity contribution in [1.29, 1.82) is 0 Å². The molecule has 6 bridgehead atoms. The number of aliphatic hydroxyl groups is 2. The van der Waals surface area contributed by atoms with Gasteiger partial charge in [-0.3, -0.25) is 14.5 Å². The van der Waals surface area contributed by atoms with Gasteiger partial charge in [-0.1, -0.05) is 29.8 Å². The van der Waals surface area contributed by atoms with E-state index in [1.165, 1.54) is 14.2 Å².